The van der Waals surface area contributed by atoms with Gasteiger partial charge in [0.1, 0.15) is 5.75 Å². The summed E-state index contributed by atoms with van der Waals surface area (Å²) in [6.07, 6.45) is 4.33. The van der Waals surface area contributed by atoms with Gasteiger partial charge in [0.25, 0.3) is 0 Å². The Morgan fingerprint density at radius 3 is 3.07 bits per heavy atom. The topological polar surface area (TPSA) is 46.2 Å². The fourth-order valence-electron chi connectivity index (χ4n) is 2.59. The molecule has 0 saturated carbocycles. The highest BCUT2D eigenvalue weighted by molar-refractivity contribution is 5.40. The number of rotatable bonds is 2. The summed E-state index contributed by atoms with van der Waals surface area (Å²) in [6.45, 7) is 2.07. The van der Waals surface area contributed by atoms with Gasteiger partial charge in [-0.3, -0.25) is 0 Å². The molecule has 0 aromatic heterocycles. The molecule has 1 aliphatic carbocycles. The van der Waals surface area contributed by atoms with E-state index in [0.29, 0.717) is 11.7 Å². The maximum absolute atomic E-state index is 9.70. The van der Waals surface area contributed by atoms with Crippen molar-refractivity contribution in [1.29, 1.82) is 0 Å². The van der Waals surface area contributed by atoms with E-state index in [1.165, 1.54) is 5.56 Å². The quantitative estimate of drug-likeness (QED) is 0.777. The largest absolute Gasteiger partial charge is 0.508 e. The van der Waals surface area contributed by atoms with E-state index in [0.717, 1.165) is 31.2 Å². The molecule has 1 aliphatic rings. The van der Waals surface area contributed by atoms with Gasteiger partial charge in [-0.1, -0.05) is 12.1 Å². The van der Waals surface area contributed by atoms with Crippen LogP contribution in [0.5, 0.6) is 5.75 Å². The number of hydrogen-bond donors (Lipinski definition) is 2. The molecule has 0 amide bonds. The van der Waals surface area contributed by atoms with Gasteiger partial charge in [0.05, 0.1) is 0 Å². The molecule has 1 aromatic carbocycles. The zero-order valence-electron chi connectivity index (χ0n) is 9.24. The summed E-state index contributed by atoms with van der Waals surface area (Å²) in [6, 6.07) is 6.13. The molecule has 0 aliphatic heterocycles. The molecule has 82 valence electrons. The number of benzene rings is 1. The molecule has 2 nitrogen and oxygen atoms in total. The minimum atomic E-state index is 0.286. The highest BCUT2D eigenvalue weighted by Gasteiger charge is 2.21. The molecule has 0 fully saturated rings. The van der Waals surface area contributed by atoms with Crippen LogP contribution in [0.3, 0.4) is 0 Å². The van der Waals surface area contributed by atoms with Crippen molar-refractivity contribution in [2.24, 2.45) is 11.7 Å². The maximum Gasteiger partial charge on any atom is 0.119 e. The van der Waals surface area contributed by atoms with Crippen LogP contribution in [0.15, 0.2) is 18.2 Å². The molecule has 2 atom stereocenters. The molecule has 1 aromatic rings. The van der Waals surface area contributed by atoms with Crippen molar-refractivity contribution in [2.75, 3.05) is 0 Å². The smallest absolute Gasteiger partial charge is 0.119 e. The van der Waals surface area contributed by atoms with Crippen LogP contribution >= 0.6 is 0 Å². The van der Waals surface area contributed by atoms with Crippen LogP contribution in [-0.4, -0.2) is 11.1 Å². The molecule has 0 radical (unpaired) electrons. The van der Waals surface area contributed by atoms with E-state index in [-0.39, 0.29) is 6.04 Å². The third-order valence-electron chi connectivity index (χ3n) is 3.26. The Morgan fingerprint density at radius 2 is 2.33 bits per heavy atom. The fraction of sp³-hybridized carbons (Fsp3) is 0.538. The van der Waals surface area contributed by atoms with E-state index in [1.54, 1.807) is 6.07 Å². The zero-order valence-corrected chi connectivity index (χ0v) is 9.24. The minimum absolute atomic E-state index is 0.286. The van der Waals surface area contributed by atoms with Crippen LogP contribution in [0, 0.1) is 5.92 Å². The molecule has 2 rings (SSSR count). The summed E-state index contributed by atoms with van der Waals surface area (Å²) in [4.78, 5) is 0. The lowest BCUT2D eigenvalue weighted by Gasteiger charge is -2.26. The first-order valence-electron chi connectivity index (χ1n) is 5.72. The lowest BCUT2D eigenvalue weighted by atomic mass is 9.81. The maximum atomic E-state index is 9.70. The lowest BCUT2D eigenvalue weighted by molar-refractivity contribution is 0.388. The molecule has 2 unspecified atom stereocenters. The lowest BCUT2D eigenvalue weighted by Crippen LogP contribution is -2.23. The Hall–Kier alpha value is -1.02. The first-order valence-corrected chi connectivity index (χ1v) is 5.72. The Balaban J connectivity index is 2.13. The Kier molecular flexibility index (Phi) is 2.96. The first-order chi connectivity index (χ1) is 7.16. The number of hydrogen-bond acceptors (Lipinski definition) is 2. The van der Waals surface area contributed by atoms with Crippen molar-refractivity contribution in [3.05, 3.63) is 29.3 Å². The second-order valence-corrected chi connectivity index (χ2v) is 4.74. The Labute approximate surface area is 91.1 Å². The molecule has 0 saturated heterocycles. The number of phenols is 1. The average Bonchev–Trinajstić information content (AvgIpc) is 2.17. The summed E-state index contributed by atoms with van der Waals surface area (Å²) in [5.74, 6) is 1.16. The van der Waals surface area contributed by atoms with E-state index in [9.17, 15) is 5.11 Å². The van der Waals surface area contributed by atoms with E-state index in [4.69, 9.17) is 5.73 Å². The fourth-order valence-corrected chi connectivity index (χ4v) is 2.59. The monoisotopic (exact) mass is 205 g/mol. The van der Waals surface area contributed by atoms with E-state index in [1.807, 2.05) is 6.07 Å². The normalized spacial score (nSPS) is 22.1. The van der Waals surface area contributed by atoms with Gasteiger partial charge in [-0.05, 0) is 55.7 Å². The average molecular weight is 205 g/mol. The van der Waals surface area contributed by atoms with Gasteiger partial charge in [0.2, 0.25) is 0 Å². The van der Waals surface area contributed by atoms with Crippen LogP contribution in [0.4, 0.5) is 0 Å². The van der Waals surface area contributed by atoms with Gasteiger partial charge < -0.3 is 10.8 Å². The second-order valence-electron chi connectivity index (χ2n) is 4.74. The predicted molar refractivity (Wildman–Crippen MR) is 61.9 cm³/mol. The van der Waals surface area contributed by atoms with Crippen LogP contribution in [0.1, 0.15) is 30.9 Å². The summed E-state index contributed by atoms with van der Waals surface area (Å²) in [5, 5.41) is 9.70. The van der Waals surface area contributed by atoms with Crippen molar-refractivity contribution < 1.29 is 5.11 Å². The Bertz CT molecular complexity index is 346. The third-order valence-corrected chi connectivity index (χ3v) is 3.26. The van der Waals surface area contributed by atoms with E-state index < -0.39 is 0 Å². The third kappa shape index (κ3) is 2.32. The van der Waals surface area contributed by atoms with Crippen molar-refractivity contribution in [1.82, 2.24) is 0 Å². The van der Waals surface area contributed by atoms with Gasteiger partial charge in [0, 0.05) is 6.04 Å². The predicted octanol–water partition coefficient (Wildman–Crippen LogP) is 2.23. The van der Waals surface area contributed by atoms with Gasteiger partial charge in [-0.15, -0.1) is 0 Å². The van der Waals surface area contributed by atoms with Crippen molar-refractivity contribution in [2.45, 2.75) is 38.6 Å². The standard InChI is InChI=1S/C13H19NO/c1-9(14)7-10-5-6-12-11(8-10)3-2-4-13(12)15/h2-4,9-10,15H,5-8,14H2,1H3. The number of fused-ring (bicyclic) bond motifs is 1. The summed E-state index contributed by atoms with van der Waals surface area (Å²) in [5.41, 5.74) is 8.29. The molecule has 0 heterocycles. The summed E-state index contributed by atoms with van der Waals surface area (Å²) < 4.78 is 0. The van der Waals surface area contributed by atoms with Gasteiger partial charge in [-0.25, -0.2) is 0 Å². The SMILES string of the molecule is CC(N)CC1CCc2c(O)cccc2C1. The number of phenolic OH excluding ortho intramolecular Hbond substituents is 1. The molecule has 15 heavy (non-hydrogen) atoms. The minimum Gasteiger partial charge on any atom is -0.508 e. The van der Waals surface area contributed by atoms with Gasteiger partial charge >= 0.3 is 0 Å². The highest BCUT2D eigenvalue weighted by atomic mass is 16.3. The van der Waals surface area contributed by atoms with Crippen LogP contribution in [0.2, 0.25) is 0 Å². The number of aromatic hydroxyl groups is 1. The van der Waals surface area contributed by atoms with Gasteiger partial charge in [-0.2, -0.15) is 0 Å². The van der Waals surface area contributed by atoms with Crippen molar-refractivity contribution >= 4 is 0 Å². The highest BCUT2D eigenvalue weighted by Crippen LogP contribution is 2.32. The van der Waals surface area contributed by atoms with E-state index >= 15 is 0 Å². The molecule has 0 bridgehead atoms. The van der Waals surface area contributed by atoms with E-state index in [2.05, 4.69) is 13.0 Å². The first kappa shape index (κ1) is 10.5. The van der Waals surface area contributed by atoms with Crippen LogP contribution in [0.25, 0.3) is 0 Å². The molecule has 2 heteroatoms. The number of nitrogens with two attached hydrogens (primary N) is 1. The summed E-state index contributed by atoms with van der Waals surface area (Å²) in [7, 11) is 0. The van der Waals surface area contributed by atoms with Crippen LogP contribution in [-0.2, 0) is 12.8 Å². The Morgan fingerprint density at radius 1 is 1.53 bits per heavy atom. The van der Waals surface area contributed by atoms with Crippen molar-refractivity contribution in [3.63, 3.8) is 0 Å². The van der Waals surface area contributed by atoms with Crippen LogP contribution < -0.4 is 5.73 Å². The second kappa shape index (κ2) is 4.23. The molecular formula is C13H19NO. The zero-order chi connectivity index (χ0) is 10.8. The molecular weight excluding hydrogens is 186 g/mol. The summed E-state index contributed by atoms with van der Waals surface area (Å²) >= 11 is 0. The van der Waals surface area contributed by atoms with Crippen molar-refractivity contribution in [3.8, 4) is 5.75 Å². The molecule has 3 N–H and O–H groups in total. The van der Waals surface area contributed by atoms with Gasteiger partial charge in [0.15, 0.2) is 0 Å². The molecule has 0 spiro atoms.